The summed E-state index contributed by atoms with van der Waals surface area (Å²) in [5, 5.41) is 67.6. The number of rotatable bonds is 3. The number of aliphatic hydroxyl groups is 6. The van der Waals surface area contributed by atoms with Crippen LogP contribution in [-0.2, 0) is 14.3 Å². The molecule has 0 aromatic rings. The number of ketones is 1. The fourth-order valence-electron chi connectivity index (χ4n) is 13.1. The predicted molar refractivity (Wildman–Crippen MR) is 162 cm³/mol. The van der Waals surface area contributed by atoms with Crippen molar-refractivity contribution >= 4 is 5.78 Å². The van der Waals surface area contributed by atoms with Gasteiger partial charge in [0.2, 0.25) is 0 Å². The molecule has 1 saturated heterocycles. The van der Waals surface area contributed by atoms with Gasteiger partial charge in [0.25, 0.3) is 0 Å². The van der Waals surface area contributed by atoms with Crippen LogP contribution in [0.5, 0.6) is 0 Å². The van der Waals surface area contributed by atoms with E-state index in [0.717, 1.165) is 19.3 Å². The second-order valence-corrected chi connectivity index (χ2v) is 18.0. The van der Waals surface area contributed by atoms with E-state index < -0.39 is 70.2 Å². The van der Waals surface area contributed by atoms with Crippen molar-refractivity contribution in [2.75, 3.05) is 6.61 Å². The summed E-state index contributed by atoms with van der Waals surface area (Å²) in [6.45, 7) is 16.4. The van der Waals surface area contributed by atoms with Crippen LogP contribution in [0, 0.1) is 50.7 Å². The zero-order valence-corrected chi connectivity index (χ0v) is 28.0. The van der Waals surface area contributed by atoms with Crippen molar-refractivity contribution in [3.8, 4) is 0 Å². The van der Waals surface area contributed by atoms with Gasteiger partial charge in [0.1, 0.15) is 24.1 Å². The van der Waals surface area contributed by atoms with Crippen LogP contribution in [0.1, 0.15) is 107 Å². The summed E-state index contributed by atoms with van der Waals surface area (Å²) in [5.74, 6) is -0.0330. The Morgan fingerprint density at radius 1 is 0.818 bits per heavy atom. The zero-order chi connectivity index (χ0) is 32.6. The average Bonchev–Trinajstić information content (AvgIpc) is 3.20. The largest absolute Gasteiger partial charge is 0.393 e. The maximum atomic E-state index is 13.1. The van der Waals surface area contributed by atoms with Crippen LogP contribution in [0.15, 0.2) is 0 Å². The second-order valence-electron chi connectivity index (χ2n) is 18.0. The van der Waals surface area contributed by atoms with Crippen molar-refractivity contribution in [2.24, 2.45) is 50.7 Å². The molecule has 252 valence electrons. The lowest BCUT2D eigenvalue weighted by Crippen LogP contribution is -2.73. The van der Waals surface area contributed by atoms with Gasteiger partial charge >= 0.3 is 0 Å². The van der Waals surface area contributed by atoms with Crippen LogP contribution in [0.2, 0.25) is 0 Å². The first-order chi connectivity index (χ1) is 20.1. The van der Waals surface area contributed by atoms with Gasteiger partial charge in [0, 0.05) is 17.8 Å². The normalized spacial score (nSPS) is 57.2. The van der Waals surface area contributed by atoms with Gasteiger partial charge in [-0.25, -0.2) is 0 Å². The van der Waals surface area contributed by atoms with Gasteiger partial charge in [-0.3, -0.25) is 4.79 Å². The quantitative estimate of drug-likeness (QED) is 0.261. The number of Topliss-reactive ketones (excluding diaryl/α,β-unsaturated/α-hetero) is 1. The Bertz CT molecular complexity index is 1170. The van der Waals surface area contributed by atoms with E-state index in [9.17, 15) is 35.4 Å². The van der Waals surface area contributed by atoms with Gasteiger partial charge in [-0.1, -0.05) is 41.5 Å². The van der Waals surface area contributed by atoms with Crippen LogP contribution < -0.4 is 0 Å². The number of hydrogen-bond acceptors (Lipinski definition) is 9. The minimum absolute atomic E-state index is 0.125. The highest BCUT2D eigenvalue weighted by molar-refractivity contribution is 5.85. The van der Waals surface area contributed by atoms with E-state index in [0.29, 0.717) is 37.9 Å². The third-order valence-corrected chi connectivity index (χ3v) is 15.4. The van der Waals surface area contributed by atoms with Crippen LogP contribution in [0.25, 0.3) is 0 Å². The first-order valence-electron chi connectivity index (χ1n) is 17.1. The highest BCUT2D eigenvalue weighted by Crippen LogP contribution is 2.78. The summed E-state index contributed by atoms with van der Waals surface area (Å²) in [7, 11) is 0. The molecule has 6 fully saturated rings. The van der Waals surface area contributed by atoms with Gasteiger partial charge in [-0.05, 0) is 98.2 Å². The Balaban J connectivity index is 1.46. The molecule has 44 heavy (non-hydrogen) atoms. The molecule has 5 saturated carbocycles. The smallest absolute Gasteiger partial charge is 0.186 e. The van der Waals surface area contributed by atoms with Gasteiger partial charge in [-0.15, -0.1) is 0 Å². The molecule has 0 amide bonds. The van der Waals surface area contributed by atoms with E-state index in [2.05, 4.69) is 41.5 Å². The van der Waals surface area contributed by atoms with Gasteiger partial charge in [0.05, 0.1) is 30.0 Å². The summed E-state index contributed by atoms with van der Waals surface area (Å²) in [5.41, 5.74) is -4.82. The molecule has 6 rings (SSSR count). The Kier molecular flexibility index (Phi) is 7.51. The molecule has 0 spiro atoms. The Morgan fingerprint density at radius 2 is 1.48 bits per heavy atom. The lowest BCUT2D eigenvalue weighted by atomic mass is 9.31. The molecule has 6 aliphatic rings. The molecular weight excluding hydrogens is 564 g/mol. The third kappa shape index (κ3) is 4.09. The molecule has 0 aromatic heterocycles. The lowest BCUT2D eigenvalue weighted by molar-refractivity contribution is -0.338. The van der Waals surface area contributed by atoms with E-state index in [1.807, 2.05) is 0 Å². The van der Waals surface area contributed by atoms with Crippen molar-refractivity contribution in [3.63, 3.8) is 0 Å². The summed E-state index contributed by atoms with van der Waals surface area (Å²) in [4.78, 5) is 13.1. The van der Waals surface area contributed by atoms with E-state index >= 15 is 0 Å². The van der Waals surface area contributed by atoms with Crippen molar-refractivity contribution in [3.05, 3.63) is 0 Å². The summed E-state index contributed by atoms with van der Waals surface area (Å²) in [6, 6.07) is 0. The van der Waals surface area contributed by atoms with Crippen LogP contribution in [0.4, 0.5) is 0 Å². The average molecular weight is 623 g/mol. The van der Waals surface area contributed by atoms with Crippen molar-refractivity contribution in [2.45, 2.75) is 155 Å². The molecule has 15 unspecified atom stereocenters. The molecule has 0 radical (unpaired) electrons. The van der Waals surface area contributed by atoms with E-state index in [-0.39, 0.29) is 35.2 Å². The minimum atomic E-state index is -1.53. The molecule has 9 heteroatoms. The topological polar surface area (TPSA) is 157 Å². The predicted octanol–water partition coefficient (Wildman–Crippen LogP) is 2.95. The molecule has 5 aliphatic carbocycles. The van der Waals surface area contributed by atoms with Crippen molar-refractivity contribution < 1.29 is 44.9 Å². The van der Waals surface area contributed by atoms with E-state index in [1.54, 1.807) is 13.8 Å². The molecule has 0 bridgehead atoms. The molecule has 6 N–H and O–H groups in total. The molecular formula is C35H58O9. The maximum Gasteiger partial charge on any atom is 0.186 e. The standard InChI is InChI=1S/C35H58O9/c1-29(2)21-9-12-33(7)22(31(21,5)11-10-23(29)38)15-18(36)26-32(6)13-14-35(42,30(3,4)41)27(32)20(16-34(26,33)8)44-28-25(40)24(39)19(37)17-43-28/h18-22,24-28,36-37,39-42H,9-17H2,1-8H3. The molecule has 1 heterocycles. The summed E-state index contributed by atoms with van der Waals surface area (Å²) >= 11 is 0. The Hall–Kier alpha value is -0.650. The minimum Gasteiger partial charge on any atom is -0.393 e. The maximum absolute atomic E-state index is 13.1. The monoisotopic (exact) mass is 622 g/mol. The zero-order valence-electron chi connectivity index (χ0n) is 28.0. The lowest BCUT2D eigenvalue weighted by Gasteiger charge is -2.74. The second kappa shape index (κ2) is 9.94. The molecule has 0 aromatic carbocycles. The highest BCUT2D eigenvalue weighted by Gasteiger charge is 2.77. The number of carbonyl (C=O) groups excluding carboxylic acids is 1. The van der Waals surface area contributed by atoms with E-state index in [4.69, 9.17) is 9.47 Å². The summed E-state index contributed by atoms with van der Waals surface area (Å²) < 4.78 is 12.4. The molecule has 9 nitrogen and oxygen atoms in total. The Morgan fingerprint density at radius 3 is 2.11 bits per heavy atom. The fourth-order valence-corrected chi connectivity index (χ4v) is 13.1. The van der Waals surface area contributed by atoms with Crippen LogP contribution in [-0.4, -0.2) is 91.0 Å². The van der Waals surface area contributed by atoms with E-state index in [1.165, 1.54) is 0 Å². The van der Waals surface area contributed by atoms with Gasteiger partial charge < -0.3 is 40.1 Å². The number of aliphatic hydroxyl groups excluding tert-OH is 4. The van der Waals surface area contributed by atoms with Crippen LogP contribution in [0.3, 0.4) is 0 Å². The molecule has 15 atom stereocenters. The molecule has 1 aliphatic heterocycles. The van der Waals surface area contributed by atoms with Gasteiger partial charge in [0.15, 0.2) is 6.29 Å². The van der Waals surface area contributed by atoms with Gasteiger partial charge in [-0.2, -0.15) is 0 Å². The Labute approximate surface area is 262 Å². The first-order valence-corrected chi connectivity index (χ1v) is 17.1. The number of carbonyl (C=O) groups is 1. The number of fused-ring (bicyclic) bond motifs is 7. The number of ether oxygens (including phenoxy) is 2. The summed E-state index contributed by atoms with van der Waals surface area (Å²) in [6.07, 6.45) is -1.45. The number of hydrogen-bond donors (Lipinski definition) is 6. The van der Waals surface area contributed by atoms with Crippen molar-refractivity contribution in [1.82, 2.24) is 0 Å². The highest BCUT2D eigenvalue weighted by atomic mass is 16.7. The third-order valence-electron chi connectivity index (χ3n) is 15.4. The first kappa shape index (κ1) is 33.3. The fraction of sp³-hybridized carbons (Fsp3) is 0.971. The van der Waals surface area contributed by atoms with Crippen molar-refractivity contribution in [1.29, 1.82) is 0 Å². The van der Waals surface area contributed by atoms with Crippen LogP contribution >= 0.6 is 0 Å². The SMILES string of the molecule is CC1(C)C(=O)CCC2(C)C1CCC1(C)C2CC(O)C2C3(C)CCC(O)(C(C)(C)O)C3C(OC3OCC(O)C(O)C3O)CC21C.